The molecular formula is C12H25NO3P+. The first kappa shape index (κ1) is 16.5. The van der Waals surface area contributed by atoms with E-state index in [4.69, 9.17) is 10.8 Å². The van der Waals surface area contributed by atoms with Gasteiger partial charge in [0.1, 0.15) is 0 Å². The molecule has 0 saturated heterocycles. The maximum Gasteiger partial charge on any atom is 0.328 e. The summed E-state index contributed by atoms with van der Waals surface area (Å²) in [7, 11) is -0.642. The van der Waals surface area contributed by atoms with Gasteiger partial charge in [-0.25, -0.2) is 0 Å². The number of nitrogens with two attached hydrogens (primary N) is 1. The van der Waals surface area contributed by atoms with Gasteiger partial charge >= 0.3 is 14.4 Å². The molecule has 0 amide bonds. The van der Waals surface area contributed by atoms with Gasteiger partial charge in [0.15, 0.2) is 11.7 Å². The number of rotatable bonds is 11. The Kier molecular flexibility index (Phi) is 9.28. The molecule has 3 N–H and O–H groups in total. The van der Waals surface area contributed by atoms with E-state index in [-0.39, 0.29) is 6.16 Å². The Bertz CT molecular complexity index is 236. The number of carbonyl (C=O) groups is 1. The summed E-state index contributed by atoms with van der Waals surface area (Å²) in [5.41, 5.74) is 4.43. The van der Waals surface area contributed by atoms with Crippen molar-refractivity contribution in [3.05, 3.63) is 0 Å². The minimum Gasteiger partial charge on any atom is -0.480 e. The molecule has 0 aromatic heterocycles. The second-order valence-corrected chi connectivity index (χ2v) is 5.30. The first-order chi connectivity index (χ1) is 8.06. The molecule has 2 atom stereocenters. The van der Waals surface area contributed by atoms with Crippen molar-refractivity contribution >= 4 is 14.4 Å². The molecule has 0 rings (SSSR count). The first-order valence-electron chi connectivity index (χ1n) is 6.44. The molecule has 0 aliphatic rings. The summed E-state index contributed by atoms with van der Waals surface area (Å²) < 4.78 is 10.5. The number of hydrogen-bond acceptors (Lipinski definition) is 3. The van der Waals surface area contributed by atoms with E-state index in [9.17, 15) is 9.36 Å². The van der Waals surface area contributed by atoms with Gasteiger partial charge in [0.05, 0.1) is 0 Å². The highest BCUT2D eigenvalue weighted by Crippen LogP contribution is 2.18. The third-order valence-corrected chi connectivity index (χ3v) is 3.82. The molecule has 5 heteroatoms. The number of carboxylic acid groups (broad SMARTS) is 1. The molecule has 0 fully saturated rings. The molecule has 0 spiro atoms. The van der Waals surface area contributed by atoms with Gasteiger partial charge < -0.3 is 10.8 Å². The lowest BCUT2D eigenvalue weighted by molar-refractivity contribution is -0.142. The SMILES string of the molecule is CCCCCCCCCC(N)(C[PH+]=O)C(=O)O. The molecule has 17 heavy (non-hydrogen) atoms. The van der Waals surface area contributed by atoms with E-state index in [1.54, 1.807) is 0 Å². The number of unbranched alkanes of at least 4 members (excludes halogenated alkanes) is 6. The van der Waals surface area contributed by atoms with Crippen molar-refractivity contribution in [2.75, 3.05) is 6.16 Å². The molecular weight excluding hydrogens is 237 g/mol. The van der Waals surface area contributed by atoms with Crippen LogP contribution in [0.1, 0.15) is 58.3 Å². The number of aliphatic carboxylic acids is 1. The summed E-state index contributed by atoms with van der Waals surface area (Å²) in [6.45, 7) is 2.18. The van der Waals surface area contributed by atoms with Crippen molar-refractivity contribution < 1.29 is 14.5 Å². The van der Waals surface area contributed by atoms with E-state index in [1.807, 2.05) is 0 Å². The van der Waals surface area contributed by atoms with Crippen LogP contribution in [0.4, 0.5) is 0 Å². The van der Waals surface area contributed by atoms with Gasteiger partial charge in [0, 0.05) is 0 Å². The molecule has 0 aromatic carbocycles. The fraction of sp³-hybridized carbons (Fsp3) is 0.917. The molecule has 2 unspecified atom stereocenters. The van der Waals surface area contributed by atoms with Gasteiger partial charge in [0.2, 0.25) is 0 Å². The maximum atomic E-state index is 11.0. The molecule has 0 radical (unpaired) electrons. The van der Waals surface area contributed by atoms with Crippen molar-refractivity contribution in [1.82, 2.24) is 0 Å². The average Bonchev–Trinajstić information content (AvgIpc) is 2.28. The largest absolute Gasteiger partial charge is 0.480 e. The summed E-state index contributed by atoms with van der Waals surface area (Å²) in [5, 5.41) is 8.98. The van der Waals surface area contributed by atoms with Crippen LogP contribution in [0.25, 0.3) is 0 Å². The van der Waals surface area contributed by atoms with Crippen molar-refractivity contribution in [2.24, 2.45) is 5.73 Å². The zero-order valence-electron chi connectivity index (χ0n) is 10.7. The van der Waals surface area contributed by atoms with Crippen LogP contribution in [0.2, 0.25) is 0 Å². The van der Waals surface area contributed by atoms with Crippen LogP contribution >= 0.6 is 8.46 Å². The van der Waals surface area contributed by atoms with E-state index in [0.29, 0.717) is 6.42 Å². The Morgan fingerprint density at radius 2 is 1.71 bits per heavy atom. The fourth-order valence-corrected chi connectivity index (χ4v) is 2.38. The summed E-state index contributed by atoms with van der Waals surface area (Å²) >= 11 is 0. The van der Waals surface area contributed by atoms with Crippen LogP contribution in [0, 0.1) is 0 Å². The van der Waals surface area contributed by atoms with Crippen LogP contribution in [0.15, 0.2) is 0 Å². The second kappa shape index (κ2) is 9.55. The van der Waals surface area contributed by atoms with Gasteiger partial charge in [-0.15, -0.1) is 0 Å². The van der Waals surface area contributed by atoms with Crippen molar-refractivity contribution in [1.29, 1.82) is 0 Å². The molecule has 0 saturated carbocycles. The zero-order chi connectivity index (χ0) is 13.1. The lowest BCUT2D eigenvalue weighted by Gasteiger charge is -2.18. The van der Waals surface area contributed by atoms with E-state index < -0.39 is 20.0 Å². The summed E-state index contributed by atoms with van der Waals surface area (Å²) in [6, 6.07) is 0. The minimum absolute atomic E-state index is 0.0537. The van der Waals surface area contributed by atoms with Crippen molar-refractivity contribution in [3.63, 3.8) is 0 Å². The van der Waals surface area contributed by atoms with Gasteiger partial charge in [-0.1, -0.05) is 56.4 Å². The zero-order valence-corrected chi connectivity index (χ0v) is 11.7. The Hall–Kier alpha value is -0.470. The average molecular weight is 262 g/mol. The Balaban J connectivity index is 3.69. The minimum atomic E-state index is -1.29. The highest BCUT2D eigenvalue weighted by Gasteiger charge is 2.36. The van der Waals surface area contributed by atoms with Crippen LogP contribution in [0.3, 0.4) is 0 Å². The number of carboxylic acids is 1. The lowest BCUT2D eigenvalue weighted by atomic mass is 9.95. The first-order valence-corrected chi connectivity index (χ1v) is 7.55. The summed E-state index contributed by atoms with van der Waals surface area (Å²) in [6.07, 6.45) is 8.39. The quantitative estimate of drug-likeness (QED) is 0.443. The molecule has 0 heterocycles. The van der Waals surface area contributed by atoms with Crippen LogP contribution in [-0.2, 0) is 9.36 Å². The molecule has 0 aliphatic carbocycles. The highest BCUT2D eigenvalue weighted by atomic mass is 31.1. The predicted molar refractivity (Wildman–Crippen MR) is 71.0 cm³/mol. The van der Waals surface area contributed by atoms with E-state index >= 15 is 0 Å². The topological polar surface area (TPSA) is 80.4 Å². The summed E-state index contributed by atoms with van der Waals surface area (Å²) in [5.74, 6) is -1.04. The maximum absolute atomic E-state index is 11.0. The molecule has 0 bridgehead atoms. The van der Waals surface area contributed by atoms with Crippen LogP contribution in [-0.4, -0.2) is 22.8 Å². The standard InChI is InChI=1S/C12H24NO3P/c1-2-3-4-5-6-7-8-9-12(13,10-17-16)11(14)15/h2-10,13H2,1H3,(H,14,15)/p+1. The smallest absolute Gasteiger partial charge is 0.328 e. The van der Waals surface area contributed by atoms with Crippen LogP contribution < -0.4 is 5.73 Å². The van der Waals surface area contributed by atoms with E-state index in [2.05, 4.69) is 6.92 Å². The Labute approximate surface area is 105 Å². The third-order valence-electron chi connectivity index (χ3n) is 3.04. The van der Waals surface area contributed by atoms with Gasteiger partial charge in [0.25, 0.3) is 0 Å². The second-order valence-electron chi connectivity index (χ2n) is 4.65. The van der Waals surface area contributed by atoms with E-state index in [1.165, 1.54) is 25.7 Å². The lowest BCUT2D eigenvalue weighted by Crippen LogP contribution is -2.49. The van der Waals surface area contributed by atoms with Crippen LogP contribution in [0.5, 0.6) is 0 Å². The Morgan fingerprint density at radius 1 is 1.18 bits per heavy atom. The van der Waals surface area contributed by atoms with Crippen molar-refractivity contribution in [3.8, 4) is 0 Å². The van der Waals surface area contributed by atoms with E-state index in [0.717, 1.165) is 19.3 Å². The summed E-state index contributed by atoms with van der Waals surface area (Å²) in [4.78, 5) is 11.0. The third kappa shape index (κ3) is 7.45. The highest BCUT2D eigenvalue weighted by molar-refractivity contribution is 7.23. The van der Waals surface area contributed by atoms with Crippen molar-refractivity contribution in [2.45, 2.75) is 63.8 Å². The monoisotopic (exact) mass is 262 g/mol. The Morgan fingerprint density at radius 3 is 2.18 bits per heavy atom. The molecule has 4 nitrogen and oxygen atoms in total. The molecule has 0 aliphatic heterocycles. The molecule has 100 valence electrons. The van der Waals surface area contributed by atoms with Gasteiger partial charge in [-0.05, 0) is 6.42 Å². The van der Waals surface area contributed by atoms with Gasteiger partial charge in [-0.2, -0.15) is 0 Å². The fourth-order valence-electron chi connectivity index (χ4n) is 1.80. The molecule has 0 aromatic rings. The number of hydrogen-bond donors (Lipinski definition) is 2. The van der Waals surface area contributed by atoms with Gasteiger partial charge in [-0.3, -0.25) is 4.79 Å². The predicted octanol–water partition coefficient (Wildman–Crippen LogP) is 2.93. The normalized spacial score (nSPS) is 14.7.